The van der Waals surface area contributed by atoms with Gasteiger partial charge in [-0.2, -0.15) is 0 Å². The molecular formula is C15H18N2O3. The van der Waals surface area contributed by atoms with Crippen LogP contribution in [-0.2, 0) is 4.74 Å². The molecule has 2 aromatic rings. The summed E-state index contributed by atoms with van der Waals surface area (Å²) in [5.41, 5.74) is 8.52. The summed E-state index contributed by atoms with van der Waals surface area (Å²) in [6.07, 6.45) is 1.98. The molecule has 1 aliphatic rings. The van der Waals surface area contributed by atoms with Crippen molar-refractivity contribution in [2.75, 3.05) is 18.9 Å². The zero-order valence-electron chi connectivity index (χ0n) is 11.5. The third-order valence-corrected chi connectivity index (χ3v) is 3.43. The summed E-state index contributed by atoms with van der Waals surface area (Å²) in [6.45, 7) is 3.37. The van der Waals surface area contributed by atoms with Crippen LogP contribution in [0.3, 0.4) is 0 Å². The summed E-state index contributed by atoms with van der Waals surface area (Å²) < 4.78 is 16.3. The van der Waals surface area contributed by atoms with Crippen molar-refractivity contribution < 1.29 is 14.0 Å². The Labute approximate surface area is 117 Å². The van der Waals surface area contributed by atoms with Crippen molar-refractivity contribution in [3.63, 3.8) is 0 Å². The highest BCUT2D eigenvalue weighted by Gasteiger charge is 2.27. The molecule has 1 aliphatic heterocycles. The van der Waals surface area contributed by atoms with E-state index in [1.54, 1.807) is 0 Å². The van der Waals surface area contributed by atoms with Gasteiger partial charge in [0.25, 0.3) is 0 Å². The largest absolute Gasteiger partial charge is 0.494 e. The second-order valence-electron chi connectivity index (χ2n) is 4.77. The van der Waals surface area contributed by atoms with E-state index in [1.807, 2.05) is 31.2 Å². The topological polar surface area (TPSA) is 70.5 Å². The Kier molecular flexibility index (Phi) is 3.60. The predicted molar refractivity (Wildman–Crippen MR) is 75.4 cm³/mol. The van der Waals surface area contributed by atoms with Crippen molar-refractivity contribution in [2.45, 2.75) is 25.9 Å². The molecule has 0 saturated carbocycles. The van der Waals surface area contributed by atoms with Crippen LogP contribution in [0.1, 0.15) is 31.6 Å². The monoisotopic (exact) mass is 274 g/mol. The predicted octanol–water partition coefficient (Wildman–Crippen LogP) is 3.17. The van der Waals surface area contributed by atoms with Crippen LogP contribution < -0.4 is 10.5 Å². The number of ether oxygens (including phenoxy) is 2. The molecule has 2 N–H and O–H groups in total. The number of hydrogen-bond acceptors (Lipinski definition) is 5. The Morgan fingerprint density at radius 3 is 2.80 bits per heavy atom. The lowest BCUT2D eigenvalue weighted by atomic mass is 10.0. The van der Waals surface area contributed by atoms with Gasteiger partial charge in [-0.25, -0.2) is 0 Å². The lowest BCUT2D eigenvalue weighted by Gasteiger charge is -2.09. The molecule has 106 valence electrons. The molecule has 5 heteroatoms. The zero-order chi connectivity index (χ0) is 13.9. The van der Waals surface area contributed by atoms with Crippen molar-refractivity contribution in [1.82, 2.24) is 5.16 Å². The fourth-order valence-electron chi connectivity index (χ4n) is 2.50. The zero-order valence-corrected chi connectivity index (χ0v) is 11.5. The van der Waals surface area contributed by atoms with Crippen LogP contribution in [0.2, 0.25) is 0 Å². The van der Waals surface area contributed by atoms with Gasteiger partial charge in [-0.3, -0.25) is 0 Å². The van der Waals surface area contributed by atoms with Gasteiger partial charge < -0.3 is 19.7 Å². The van der Waals surface area contributed by atoms with Crippen molar-refractivity contribution >= 4 is 5.88 Å². The molecule has 0 radical (unpaired) electrons. The lowest BCUT2D eigenvalue weighted by molar-refractivity contribution is 0.106. The van der Waals surface area contributed by atoms with E-state index in [9.17, 15) is 0 Å². The molecule has 0 aliphatic carbocycles. The van der Waals surface area contributed by atoms with E-state index in [1.165, 1.54) is 0 Å². The average molecular weight is 274 g/mol. The highest BCUT2D eigenvalue weighted by molar-refractivity contribution is 5.75. The molecule has 1 atom stereocenters. The van der Waals surface area contributed by atoms with E-state index < -0.39 is 0 Å². The van der Waals surface area contributed by atoms with Crippen LogP contribution in [0, 0.1) is 0 Å². The standard InChI is InChI=1S/C15H18N2O3/c1-2-18-11-7-5-10(6-8-11)13-14(17-20-15(13)16)12-4-3-9-19-12/h5-8,12H,2-4,9,16H2,1H3. The Morgan fingerprint density at radius 2 is 2.15 bits per heavy atom. The minimum Gasteiger partial charge on any atom is -0.494 e. The number of nitrogen functional groups attached to an aromatic ring is 1. The van der Waals surface area contributed by atoms with Crippen LogP contribution in [0.15, 0.2) is 28.8 Å². The molecule has 0 amide bonds. The minimum absolute atomic E-state index is 0.0161. The molecule has 1 aromatic carbocycles. The summed E-state index contributed by atoms with van der Waals surface area (Å²) in [6, 6.07) is 7.77. The number of hydrogen-bond donors (Lipinski definition) is 1. The van der Waals surface area contributed by atoms with Crippen LogP contribution in [0.5, 0.6) is 5.75 Å². The van der Waals surface area contributed by atoms with E-state index in [0.29, 0.717) is 12.5 Å². The van der Waals surface area contributed by atoms with Gasteiger partial charge in [0, 0.05) is 6.61 Å². The smallest absolute Gasteiger partial charge is 0.230 e. The molecule has 2 heterocycles. The summed E-state index contributed by atoms with van der Waals surface area (Å²) >= 11 is 0. The van der Waals surface area contributed by atoms with E-state index in [0.717, 1.165) is 42.0 Å². The van der Waals surface area contributed by atoms with Gasteiger partial charge in [0.2, 0.25) is 5.88 Å². The van der Waals surface area contributed by atoms with Crippen molar-refractivity contribution in [1.29, 1.82) is 0 Å². The number of nitrogens with zero attached hydrogens (tertiary/aromatic N) is 1. The van der Waals surface area contributed by atoms with Crippen LogP contribution in [0.25, 0.3) is 11.1 Å². The van der Waals surface area contributed by atoms with Gasteiger partial charge in [0.05, 0.1) is 12.2 Å². The first kappa shape index (κ1) is 13.0. The summed E-state index contributed by atoms with van der Waals surface area (Å²) in [7, 11) is 0. The summed E-state index contributed by atoms with van der Waals surface area (Å²) in [4.78, 5) is 0. The second-order valence-corrected chi connectivity index (χ2v) is 4.77. The Hall–Kier alpha value is -2.01. The number of nitrogens with two attached hydrogens (primary N) is 1. The van der Waals surface area contributed by atoms with Crippen molar-refractivity contribution in [3.05, 3.63) is 30.0 Å². The molecule has 1 unspecified atom stereocenters. The maximum Gasteiger partial charge on any atom is 0.230 e. The first-order valence-electron chi connectivity index (χ1n) is 6.89. The third-order valence-electron chi connectivity index (χ3n) is 3.43. The van der Waals surface area contributed by atoms with E-state index in [-0.39, 0.29) is 6.10 Å². The molecule has 20 heavy (non-hydrogen) atoms. The maximum absolute atomic E-state index is 5.92. The van der Waals surface area contributed by atoms with Crippen molar-refractivity contribution in [3.8, 4) is 16.9 Å². The van der Waals surface area contributed by atoms with Gasteiger partial charge in [0.15, 0.2) is 0 Å². The van der Waals surface area contributed by atoms with Gasteiger partial charge in [-0.05, 0) is 37.5 Å². The normalized spacial score (nSPS) is 18.4. The second kappa shape index (κ2) is 5.54. The lowest BCUT2D eigenvalue weighted by Crippen LogP contribution is -1.99. The molecule has 1 saturated heterocycles. The van der Waals surface area contributed by atoms with Crippen LogP contribution in [-0.4, -0.2) is 18.4 Å². The van der Waals surface area contributed by atoms with E-state index in [2.05, 4.69) is 5.16 Å². The number of rotatable bonds is 4. The van der Waals surface area contributed by atoms with Gasteiger partial charge in [0.1, 0.15) is 17.5 Å². The molecule has 1 aromatic heterocycles. The Balaban J connectivity index is 1.94. The van der Waals surface area contributed by atoms with E-state index in [4.69, 9.17) is 19.7 Å². The van der Waals surface area contributed by atoms with Crippen LogP contribution in [0.4, 0.5) is 5.88 Å². The van der Waals surface area contributed by atoms with Gasteiger partial charge in [-0.1, -0.05) is 17.3 Å². The Bertz CT molecular complexity index is 571. The molecule has 3 rings (SSSR count). The fraction of sp³-hybridized carbons (Fsp3) is 0.400. The van der Waals surface area contributed by atoms with Gasteiger partial charge >= 0.3 is 0 Å². The number of benzene rings is 1. The fourth-order valence-corrected chi connectivity index (χ4v) is 2.50. The summed E-state index contributed by atoms with van der Waals surface area (Å²) in [5, 5.41) is 4.08. The Morgan fingerprint density at radius 1 is 1.35 bits per heavy atom. The third kappa shape index (κ3) is 2.36. The summed E-state index contributed by atoms with van der Waals surface area (Å²) in [5.74, 6) is 1.17. The van der Waals surface area contributed by atoms with Gasteiger partial charge in [-0.15, -0.1) is 0 Å². The molecule has 5 nitrogen and oxygen atoms in total. The highest BCUT2D eigenvalue weighted by Crippen LogP contribution is 2.38. The quantitative estimate of drug-likeness (QED) is 0.927. The highest BCUT2D eigenvalue weighted by atomic mass is 16.5. The number of anilines is 1. The molecule has 1 fully saturated rings. The first-order chi connectivity index (χ1) is 9.79. The van der Waals surface area contributed by atoms with Crippen molar-refractivity contribution in [2.24, 2.45) is 0 Å². The van der Waals surface area contributed by atoms with E-state index >= 15 is 0 Å². The van der Waals surface area contributed by atoms with Crippen LogP contribution >= 0.6 is 0 Å². The SMILES string of the molecule is CCOc1ccc(-c2c(C3CCCO3)noc2N)cc1. The molecule has 0 bridgehead atoms. The minimum atomic E-state index is -0.0161. The molecule has 0 spiro atoms. The maximum atomic E-state index is 5.92. The molecular weight excluding hydrogens is 256 g/mol. The average Bonchev–Trinajstić information content (AvgIpc) is 3.09. The first-order valence-corrected chi connectivity index (χ1v) is 6.89. The number of aromatic nitrogens is 1.